The normalized spacial score (nSPS) is 11.0. The Kier molecular flexibility index (Phi) is 4.73. The Balaban J connectivity index is 2.18. The highest BCUT2D eigenvalue weighted by Crippen LogP contribution is 2.33. The molecule has 0 saturated heterocycles. The first kappa shape index (κ1) is 15.2. The van der Waals surface area contributed by atoms with Gasteiger partial charge >= 0.3 is 0 Å². The van der Waals surface area contributed by atoms with Crippen molar-refractivity contribution < 1.29 is 14.6 Å². The monoisotopic (exact) mass is 286 g/mol. The summed E-state index contributed by atoms with van der Waals surface area (Å²) < 4.78 is 11.5. The molecule has 0 spiro atoms. The van der Waals surface area contributed by atoms with Gasteiger partial charge in [0, 0.05) is 5.56 Å². The number of ether oxygens (including phenoxy) is 2. The molecule has 112 valence electrons. The Labute approximate surface area is 126 Å². The van der Waals surface area contributed by atoms with Gasteiger partial charge in [-0.2, -0.15) is 0 Å². The van der Waals surface area contributed by atoms with E-state index in [4.69, 9.17) is 9.47 Å². The third kappa shape index (κ3) is 4.15. The molecule has 0 atom stereocenters. The molecule has 0 saturated carbocycles. The first-order valence-electron chi connectivity index (χ1n) is 7.23. The molecule has 1 N–H and O–H groups in total. The third-order valence-corrected chi connectivity index (χ3v) is 3.04. The van der Waals surface area contributed by atoms with E-state index in [9.17, 15) is 5.11 Å². The Bertz CT molecular complexity index is 586. The second-order valence-corrected chi connectivity index (χ2v) is 5.62. The SMILES string of the molecule is CC(C)Oc1ccc(Oc2ccc(O)cc2C(C)C)cc1. The molecule has 0 radical (unpaired) electrons. The van der Waals surface area contributed by atoms with Gasteiger partial charge in [0.25, 0.3) is 0 Å². The van der Waals surface area contributed by atoms with Crippen LogP contribution in [0, 0.1) is 0 Å². The molecule has 2 aromatic rings. The van der Waals surface area contributed by atoms with Gasteiger partial charge in [-0.1, -0.05) is 13.8 Å². The molecule has 3 heteroatoms. The van der Waals surface area contributed by atoms with Crippen LogP contribution in [0.1, 0.15) is 39.2 Å². The van der Waals surface area contributed by atoms with Crippen molar-refractivity contribution in [1.29, 1.82) is 0 Å². The van der Waals surface area contributed by atoms with Gasteiger partial charge in [-0.3, -0.25) is 0 Å². The van der Waals surface area contributed by atoms with Gasteiger partial charge in [0.15, 0.2) is 0 Å². The van der Waals surface area contributed by atoms with E-state index in [-0.39, 0.29) is 17.8 Å². The number of rotatable bonds is 5. The molecule has 0 aliphatic carbocycles. The van der Waals surface area contributed by atoms with Gasteiger partial charge in [0.1, 0.15) is 23.0 Å². The fraction of sp³-hybridized carbons (Fsp3) is 0.333. The van der Waals surface area contributed by atoms with Crippen molar-refractivity contribution in [2.45, 2.75) is 39.7 Å². The Hall–Kier alpha value is -2.16. The average molecular weight is 286 g/mol. The number of phenols is 1. The summed E-state index contributed by atoms with van der Waals surface area (Å²) in [6.07, 6.45) is 0.154. The van der Waals surface area contributed by atoms with Crippen LogP contribution in [-0.4, -0.2) is 11.2 Å². The second kappa shape index (κ2) is 6.53. The standard InChI is InChI=1S/C18H22O3/c1-12(2)17-11-14(19)5-10-18(17)21-16-8-6-15(7-9-16)20-13(3)4/h5-13,19H,1-4H3. The van der Waals surface area contributed by atoms with Crippen LogP contribution >= 0.6 is 0 Å². The maximum atomic E-state index is 9.60. The lowest BCUT2D eigenvalue weighted by molar-refractivity contribution is 0.242. The molecule has 3 nitrogen and oxygen atoms in total. The molecule has 0 heterocycles. The molecule has 0 aliphatic rings. The first-order chi connectivity index (χ1) is 9.95. The maximum Gasteiger partial charge on any atom is 0.131 e. The van der Waals surface area contributed by atoms with Gasteiger partial charge in [0.2, 0.25) is 0 Å². The van der Waals surface area contributed by atoms with Crippen molar-refractivity contribution in [3.8, 4) is 23.0 Å². The predicted molar refractivity (Wildman–Crippen MR) is 84.5 cm³/mol. The Morgan fingerprint density at radius 1 is 0.857 bits per heavy atom. The maximum absolute atomic E-state index is 9.60. The summed E-state index contributed by atoms with van der Waals surface area (Å²) in [5, 5.41) is 9.60. The van der Waals surface area contributed by atoms with E-state index in [1.807, 2.05) is 38.1 Å². The van der Waals surface area contributed by atoms with Crippen molar-refractivity contribution in [2.75, 3.05) is 0 Å². The highest BCUT2D eigenvalue weighted by atomic mass is 16.5. The van der Waals surface area contributed by atoms with Crippen LogP contribution in [0.3, 0.4) is 0 Å². The van der Waals surface area contributed by atoms with Crippen molar-refractivity contribution in [3.63, 3.8) is 0 Å². The van der Waals surface area contributed by atoms with E-state index in [1.165, 1.54) is 0 Å². The van der Waals surface area contributed by atoms with Crippen LogP contribution in [0.15, 0.2) is 42.5 Å². The van der Waals surface area contributed by atoms with E-state index in [1.54, 1.807) is 18.2 Å². The highest BCUT2D eigenvalue weighted by Gasteiger charge is 2.10. The second-order valence-electron chi connectivity index (χ2n) is 5.62. The van der Waals surface area contributed by atoms with Crippen LogP contribution in [0.4, 0.5) is 0 Å². The highest BCUT2D eigenvalue weighted by molar-refractivity contribution is 5.44. The van der Waals surface area contributed by atoms with Gasteiger partial charge in [0.05, 0.1) is 6.10 Å². The van der Waals surface area contributed by atoms with Crippen molar-refractivity contribution in [3.05, 3.63) is 48.0 Å². The van der Waals surface area contributed by atoms with Crippen LogP contribution in [0.5, 0.6) is 23.0 Å². The quantitative estimate of drug-likeness (QED) is 0.831. The lowest BCUT2D eigenvalue weighted by Crippen LogP contribution is -2.05. The minimum Gasteiger partial charge on any atom is -0.508 e. The number of aromatic hydroxyl groups is 1. The fourth-order valence-corrected chi connectivity index (χ4v) is 2.07. The molecule has 21 heavy (non-hydrogen) atoms. The van der Waals surface area contributed by atoms with Crippen molar-refractivity contribution in [2.24, 2.45) is 0 Å². The van der Waals surface area contributed by atoms with E-state index >= 15 is 0 Å². The predicted octanol–water partition coefficient (Wildman–Crippen LogP) is 5.10. The molecule has 0 amide bonds. The van der Waals surface area contributed by atoms with E-state index in [0.29, 0.717) is 0 Å². The van der Waals surface area contributed by atoms with E-state index in [2.05, 4.69) is 13.8 Å². The lowest BCUT2D eigenvalue weighted by atomic mass is 10.0. The fourth-order valence-electron chi connectivity index (χ4n) is 2.07. The molecule has 2 aromatic carbocycles. The molecule has 0 bridgehead atoms. The van der Waals surface area contributed by atoms with E-state index < -0.39 is 0 Å². The van der Waals surface area contributed by atoms with Crippen LogP contribution in [0.2, 0.25) is 0 Å². The first-order valence-corrected chi connectivity index (χ1v) is 7.23. The zero-order valence-corrected chi connectivity index (χ0v) is 13.0. The molecule has 2 rings (SSSR count). The molecular weight excluding hydrogens is 264 g/mol. The number of hydrogen-bond acceptors (Lipinski definition) is 3. The van der Waals surface area contributed by atoms with Crippen LogP contribution in [0.25, 0.3) is 0 Å². The zero-order valence-electron chi connectivity index (χ0n) is 13.0. The molecule has 0 fully saturated rings. The van der Waals surface area contributed by atoms with Crippen LogP contribution < -0.4 is 9.47 Å². The zero-order chi connectivity index (χ0) is 15.4. The largest absolute Gasteiger partial charge is 0.508 e. The third-order valence-electron chi connectivity index (χ3n) is 3.04. The number of phenolic OH excluding ortho intramolecular Hbond substituents is 1. The minimum absolute atomic E-state index is 0.154. The van der Waals surface area contributed by atoms with Gasteiger partial charge in [-0.15, -0.1) is 0 Å². The summed E-state index contributed by atoms with van der Waals surface area (Å²) in [7, 11) is 0. The smallest absolute Gasteiger partial charge is 0.131 e. The summed E-state index contributed by atoms with van der Waals surface area (Å²) >= 11 is 0. The van der Waals surface area contributed by atoms with E-state index in [0.717, 1.165) is 22.8 Å². The summed E-state index contributed by atoms with van der Waals surface area (Å²) in [6.45, 7) is 8.13. The number of benzene rings is 2. The number of hydrogen-bond donors (Lipinski definition) is 1. The van der Waals surface area contributed by atoms with Gasteiger partial charge < -0.3 is 14.6 Å². The Morgan fingerprint density at radius 3 is 2.05 bits per heavy atom. The Morgan fingerprint density at radius 2 is 1.48 bits per heavy atom. The van der Waals surface area contributed by atoms with Gasteiger partial charge in [-0.05, 0) is 62.2 Å². The molecule has 0 aromatic heterocycles. The summed E-state index contributed by atoms with van der Waals surface area (Å²) in [5.41, 5.74) is 0.984. The van der Waals surface area contributed by atoms with Crippen LogP contribution in [-0.2, 0) is 0 Å². The minimum atomic E-state index is 0.154. The summed E-state index contributed by atoms with van der Waals surface area (Å²) in [6, 6.07) is 12.7. The summed E-state index contributed by atoms with van der Waals surface area (Å²) in [4.78, 5) is 0. The average Bonchev–Trinajstić information content (AvgIpc) is 2.42. The van der Waals surface area contributed by atoms with Crippen molar-refractivity contribution >= 4 is 0 Å². The van der Waals surface area contributed by atoms with Crippen molar-refractivity contribution in [1.82, 2.24) is 0 Å². The molecular formula is C18H22O3. The van der Waals surface area contributed by atoms with Gasteiger partial charge in [-0.25, -0.2) is 0 Å². The summed E-state index contributed by atoms with van der Waals surface area (Å²) in [5.74, 6) is 2.87. The lowest BCUT2D eigenvalue weighted by Gasteiger charge is -2.15. The molecule has 0 aliphatic heterocycles. The molecule has 0 unspecified atom stereocenters. The topological polar surface area (TPSA) is 38.7 Å².